The zero-order valence-corrected chi connectivity index (χ0v) is 17.6. The molecule has 1 fully saturated rings. The molecular weight excluding hydrogens is 374 g/mol. The van der Waals surface area contributed by atoms with Crippen LogP contribution in [0.5, 0.6) is 11.5 Å². The predicted molar refractivity (Wildman–Crippen MR) is 122 cm³/mol. The van der Waals surface area contributed by atoms with Crippen LogP contribution < -0.4 is 20.1 Å². The van der Waals surface area contributed by atoms with E-state index in [1.54, 1.807) is 14.2 Å². The molecule has 1 saturated heterocycles. The van der Waals surface area contributed by atoms with Crippen molar-refractivity contribution in [3.63, 3.8) is 0 Å². The summed E-state index contributed by atoms with van der Waals surface area (Å²) in [5.41, 5.74) is 10.4. The summed E-state index contributed by atoms with van der Waals surface area (Å²) in [5.74, 6) is 1.53. The van der Waals surface area contributed by atoms with E-state index < -0.39 is 0 Å². The van der Waals surface area contributed by atoms with Crippen LogP contribution in [0.3, 0.4) is 0 Å². The number of anilines is 2. The van der Waals surface area contributed by atoms with Crippen molar-refractivity contribution in [3.05, 3.63) is 83.9 Å². The molecule has 156 valence electrons. The van der Waals surface area contributed by atoms with Gasteiger partial charge in [-0.25, -0.2) is 0 Å². The summed E-state index contributed by atoms with van der Waals surface area (Å²) in [5, 5.41) is 0. The van der Waals surface area contributed by atoms with Gasteiger partial charge in [-0.3, -0.25) is 4.90 Å². The first-order valence-electron chi connectivity index (χ1n) is 10.3. The molecule has 0 spiro atoms. The molecule has 2 N–H and O–H groups in total. The molecule has 1 unspecified atom stereocenters. The van der Waals surface area contributed by atoms with Gasteiger partial charge in [-0.15, -0.1) is 0 Å². The Morgan fingerprint density at radius 1 is 0.867 bits per heavy atom. The zero-order chi connectivity index (χ0) is 20.9. The fourth-order valence-electron chi connectivity index (χ4n) is 4.13. The maximum atomic E-state index is 5.88. The lowest BCUT2D eigenvalue weighted by molar-refractivity contribution is 0.169. The second-order valence-corrected chi connectivity index (χ2v) is 7.62. The van der Waals surface area contributed by atoms with Crippen molar-refractivity contribution in [3.8, 4) is 11.5 Å². The molecule has 30 heavy (non-hydrogen) atoms. The SMILES string of the molecule is COc1ccc(CN2CCN(c3ccc(N)cc3)CC2c2ccccc2)cc1OC. The second-order valence-electron chi connectivity index (χ2n) is 7.62. The van der Waals surface area contributed by atoms with Gasteiger partial charge in [0.25, 0.3) is 0 Å². The van der Waals surface area contributed by atoms with E-state index in [4.69, 9.17) is 15.2 Å². The van der Waals surface area contributed by atoms with Crippen molar-refractivity contribution in [2.45, 2.75) is 12.6 Å². The Morgan fingerprint density at radius 2 is 1.60 bits per heavy atom. The number of nitrogen functional groups attached to an aromatic ring is 1. The molecule has 5 heteroatoms. The highest BCUT2D eigenvalue weighted by atomic mass is 16.5. The fourth-order valence-corrected chi connectivity index (χ4v) is 4.13. The van der Waals surface area contributed by atoms with Gasteiger partial charge in [0.1, 0.15) is 0 Å². The minimum absolute atomic E-state index is 0.297. The third kappa shape index (κ3) is 4.36. The van der Waals surface area contributed by atoms with Crippen molar-refractivity contribution in [1.82, 2.24) is 4.90 Å². The molecule has 1 aliphatic rings. The predicted octanol–water partition coefficient (Wildman–Crippen LogP) is 4.35. The van der Waals surface area contributed by atoms with Gasteiger partial charge in [0.15, 0.2) is 11.5 Å². The van der Waals surface area contributed by atoms with E-state index in [9.17, 15) is 0 Å². The lowest BCUT2D eigenvalue weighted by Crippen LogP contribution is -2.48. The molecule has 0 aromatic heterocycles. The van der Waals surface area contributed by atoms with Crippen LogP contribution in [0, 0.1) is 0 Å². The Morgan fingerprint density at radius 3 is 2.30 bits per heavy atom. The van der Waals surface area contributed by atoms with Crippen LogP contribution in [-0.2, 0) is 6.54 Å². The van der Waals surface area contributed by atoms with Crippen LogP contribution in [0.4, 0.5) is 11.4 Å². The van der Waals surface area contributed by atoms with Crippen LogP contribution >= 0.6 is 0 Å². The van der Waals surface area contributed by atoms with E-state index in [-0.39, 0.29) is 0 Å². The average Bonchev–Trinajstić information content (AvgIpc) is 2.80. The lowest BCUT2D eigenvalue weighted by Gasteiger charge is -2.43. The topological polar surface area (TPSA) is 51.0 Å². The number of rotatable bonds is 6. The molecule has 0 radical (unpaired) electrons. The summed E-state index contributed by atoms with van der Waals surface area (Å²) >= 11 is 0. The van der Waals surface area contributed by atoms with Crippen LogP contribution in [0.1, 0.15) is 17.2 Å². The zero-order valence-electron chi connectivity index (χ0n) is 17.6. The normalized spacial score (nSPS) is 17.0. The van der Waals surface area contributed by atoms with Crippen molar-refractivity contribution >= 4 is 11.4 Å². The Hall–Kier alpha value is -3.18. The molecule has 3 aromatic rings. The Kier molecular flexibility index (Phi) is 6.10. The minimum atomic E-state index is 0.297. The van der Waals surface area contributed by atoms with Crippen LogP contribution in [0.15, 0.2) is 72.8 Å². The van der Waals surface area contributed by atoms with Crippen LogP contribution in [0.25, 0.3) is 0 Å². The lowest BCUT2D eigenvalue weighted by atomic mass is 10.0. The Balaban J connectivity index is 1.58. The van der Waals surface area contributed by atoms with Gasteiger partial charge in [0, 0.05) is 37.6 Å². The number of methoxy groups -OCH3 is 2. The minimum Gasteiger partial charge on any atom is -0.493 e. The maximum Gasteiger partial charge on any atom is 0.161 e. The highest BCUT2D eigenvalue weighted by Crippen LogP contribution is 2.32. The summed E-state index contributed by atoms with van der Waals surface area (Å²) < 4.78 is 10.9. The number of benzene rings is 3. The van der Waals surface area contributed by atoms with Gasteiger partial charge in [0.2, 0.25) is 0 Å². The highest BCUT2D eigenvalue weighted by Gasteiger charge is 2.28. The smallest absolute Gasteiger partial charge is 0.161 e. The number of ether oxygens (including phenoxy) is 2. The van der Waals surface area contributed by atoms with Crippen molar-refractivity contribution < 1.29 is 9.47 Å². The number of nitrogens with two attached hydrogens (primary N) is 1. The molecule has 1 atom stereocenters. The Labute approximate surface area is 178 Å². The summed E-state index contributed by atoms with van der Waals surface area (Å²) in [6.45, 7) is 3.73. The van der Waals surface area contributed by atoms with E-state index in [0.29, 0.717) is 6.04 Å². The van der Waals surface area contributed by atoms with Crippen molar-refractivity contribution in [2.75, 3.05) is 44.5 Å². The molecule has 1 aliphatic heterocycles. The Bertz CT molecular complexity index is 960. The average molecular weight is 404 g/mol. The van der Waals surface area contributed by atoms with Gasteiger partial charge in [-0.1, -0.05) is 36.4 Å². The maximum absolute atomic E-state index is 5.88. The van der Waals surface area contributed by atoms with Crippen LogP contribution in [-0.4, -0.2) is 38.8 Å². The monoisotopic (exact) mass is 403 g/mol. The third-order valence-electron chi connectivity index (χ3n) is 5.77. The van der Waals surface area contributed by atoms with Crippen LogP contribution in [0.2, 0.25) is 0 Å². The van der Waals surface area contributed by atoms with Gasteiger partial charge < -0.3 is 20.1 Å². The standard InChI is InChI=1S/C25H29N3O2/c1-29-24-13-8-19(16-25(24)30-2)17-28-15-14-27(22-11-9-21(26)10-12-22)18-23(28)20-6-4-3-5-7-20/h3-13,16,23H,14-15,17-18,26H2,1-2H3. The van der Waals surface area contributed by atoms with Gasteiger partial charge >= 0.3 is 0 Å². The first-order chi connectivity index (χ1) is 14.7. The molecule has 0 saturated carbocycles. The summed E-state index contributed by atoms with van der Waals surface area (Å²) in [4.78, 5) is 4.99. The molecule has 0 amide bonds. The van der Waals surface area contributed by atoms with Gasteiger partial charge in [-0.05, 0) is 47.5 Å². The third-order valence-corrected chi connectivity index (χ3v) is 5.77. The summed E-state index contributed by atoms with van der Waals surface area (Å²) in [7, 11) is 3.35. The largest absolute Gasteiger partial charge is 0.493 e. The number of hydrogen-bond acceptors (Lipinski definition) is 5. The molecule has 5 nitrogen and oxygen atoms in total. The van der Waals surface area contributed by atoms with Crippen molar-refractivity contribution in [2.24, 2.45) is 0 Å². The fraction of sp³-hybridized carbons (Fsp3) is 0.280. The number of hydrogen-bond donors (Lipinski definition) is 1. The first-order valence-corrected chi connectivity index (χ1v) is 10.3. The first kappa shape index (κ1) is 20.1. The molecule has 0 aliphatic carbocycles. The van der Waals surface area contributed by atoms with E-state index in [1.807, 2.05) is 18.2 Å². The molecule has 1 heterocycles. The summed E-state index contributed by atoms with van der Waals surface area (Å²) in [6, 6.07) is 25.4. The second kappa shape index (κ2) is 9.09. The quantitative estimate of drug-likeness (QED) is 0.620. The van der Waals surface area contributed by atoms with E-state index in [0.717, 1.165) is 43.4 Å². The molecule has 0 bridgehead atoms. The van der Waals surface area contributed by atoms with E-state index in [1.165, 1.54) is 16.8 Å². The van der Waals surface area contributed by atoms with Gasteiger partial charge in [-0.2, -0.15) is 0 Å². The van der Waals surface area contributed by atoms with E-state index >= 15 is 0 Å². The molecular formula is C25H29N3O2. The van der Waals surface area contributed by atoms with Gasteiger partial charge in [0.05, 0.1) is 20.3 Å². The number of piperazine rings is 1. The number of nitrogens with zero attached hydrogens (tertiary/aromatic N) is 2. The highest BCUT2D eigenvalue weighted by molar-refractivity contribution is 5.54. The molecule has 4 rings (SSSR count). The molecule has 3 aromatic carbocycles. The summed E-state index contributed by atoms with van der Waals surface area (Å²) in [6.07, 6.45) is 0. The van der Waals surface area contributed by atoms with Crippen molar-refractivity contribution in [1.29, 1.82) is 0 Å². The van der Waals surface area contributed by atoms with E-state index in [2.05, 4.69) is 64.4 Å².